The molecule has 1 heterocycles. The summed E-state index contributed by atoms with van der Waals surface area (Å²) in [6, 6.07) is 9.91. The average molecular weight is 621 g/mol. The van der Waals surface area contributed by atoms with Crippen molar-refractivity contribution in [2.24, 2.45) is 0 Å². The lowest BCUT2D eigenvalue weighted by Crippen LogP contribution is -2.57. The number of hydrogen-bond donors (Lipinski definition) is 1. The number of methoxy groups -OCH3 is 7. The minimum atomic E-state index is -0.895. The Balaban J connectivity index is 1.82. The van der Waals surface area contributed by atoms with Gasteiger partial charge >= 0.3 is 0 Å². The molecule has 1 atom stereocenters. The smallest absolute Gasteiger partial charge is 0.268 e. The molecule has 0 aliphatic carbocycles. The summed E-state index contributed by atoms with van der Waals surface area (Å²) in [5.41, 5.74) is 3.58. The highest BCUT2D eigenvalue weighted by molar-refractivity contribution is 6.07. The lowest BCUT2D eigenvalue weighted by molar-refractivity contribution is -0.140. The van der Waals surface area contributed by atoms with Gasteiger partial charge in [0.15, 0.2) is 23.0 Å². The van der Waals surface area contributed by atoms with E-state index in [1.165, 1.54) is 19.1 Å². The van der Waals surface area contributed by atoms with Crippen LogP contribution in [0, 0.1) is 13.8 Å². The third-order valence-electron chi connectivity index (χ3n) is 7.82. The molecule has 0 saturated carbocycles. The predicted molar refractivity (Wildman–Crippen MR) is 169 cm³/mol. The minimum Gasteiger partial charge on any atom is -0.497 e. The number of carbonyl (C=O) groups is 2. The predicted octanol–water partition coefficient (Wildman–Crippen LogP) is 4.47. The molecule has 1 N–H and O–H groups in total. The van der Waals surface area contributed by atoms with Gasteiger partial charge in [-0.15, -0.1) is 0 Å². The molecule has 3 aromatic carbocycles. The Morgan fingerprint density at radius 2 is 1.27 bits per heavy atom. The van der Waals surface area contributed by atoms with Gasteiger partial charge in [0.1, 0.15) is 29.0 Å². The van der Waals surface area contributed by atoms with Gasteiger partial charge in [0.2, 0.25) is 5.91 Å². The highest BCUT2D eigenvalue weighted by atomic mass is 16.5. The van der Waals surface area contributed by atoms with Gasteiger partial charge in [0.25, 0.3) is 5.91 Å². The lowest BCUT2D eigenvalue weighted by Gasteiger charge is -2.35. The van der Waals surface area contributed by atoms with Crippen LogP contribution in [-0.2, 0) is 22.6 Å². The third kappa shape index (κ3) is 6.43. The topological polar surface area (TPSA) is 114 Å². The number of piperazine rings is 1. The SMILES string of the molecule is COc1ccc(CN2C(=O)C(Cc3cc(OC)c(OC)c(C)c3OC)NC(=O)/C2=C\c2cc(OC)c(OC)c(C)c2OC)cc1. The largest absolute Gasteiger partial charge is 0.497 e. The van der Waals surface area contributed by atoms with Gasteiger partial charge in [-0.05, 0) is 49.8 Å². The number of hydrogen-bond acceptors (Lipinski definition) is 9. The van der Waals surface area contributed by atoms with Crippen LogP contribution in [0.4, 0.5) is 0 Å². The van der Waals surface area contributed by atoms with E-state index in [9.17, 15) is 9.59 Å². The molecule has 11 nitrogen and oxygen atoms in total. The summed E-state index contributed by atoms with van der Waals surface area (Å²) in [4.78, 5) is 29.7. The van der Waals surface area contributed by atoms with Crippen LogP contribution in [0.25, 0.3) is 6.08 Å². The summed E-state index contributed by atoms with van der Waals surface area (Å²) in [6.07, 6.45) is 1.78. The maximum atomic E-state index is 14.3. The van der Waals surface area contributed by atoms with Crippen LogP contribution >= 0.6 is 0 Å². The molecule has 1 fully saturated rings. The number of nitrogens with zero attached hydrogens (tertiary/aromatic N) is 1. The van der Waals surface area contributed by atoms with Crippen molar-refractivity contribution in [2.45, 2.75) is 32.9 Å². The summed E-state index contributed by atoms with van der Waals surface area (Å²) in [5, 5.41) is 2.92. The van der Waals surface area contributed by atoms with Crippen LogP contribution in [0.5, 0.6) is 40.2 Å². The molecule has 1 unspecified atom stereocenters. The van der Waals surface area contributed by atoms with Crippen molar-refractivity contribution in [1.29, 1.82) is 0 Å². The summed E-state index contributed by atoms with van der Waals surface area (Å²) in [6.45, 7) is 3.81. The third-order valence-corrected chi connectivity index (χ3v) is 7.82. The zero-order chi connectivity index (χ0) is 32.8. The van der Waals surface area contributed by atoms with Crippen LogP contribution in [-0.4, -0.2) is 72.5 Å². The molecule has 0 bridgehead atoms. The summed E-state index contributed by atoms with van der Waals surface area (Å²) >= 11 is 0. The molecule has 3 aromatic rings. The molecule has 240 valence electrons. The van der Waals surface area contributed by atoms with Gasteiger partial charge in [0, 0.05) is 28.7 Å². The summed E-state index contributed by atoms with van der Waals surface area (Å²) in [7, 11) is 10.8. The second-order valence-electron chi connectivity index (χ2n) is 10.3. The van der Waals surface area contributed by atoms with E-state index in [2.05, 4.69) is 5.32 Å². The quantitative estimate of drug-likeness (QED) is 0.293. The maximum Gasteiger partial charge on any atom is 0.268 e. The molecule has 4 rings (SSSR count). The number of benzene rings is 3. The van der Waals surface area contributed by atoms with Crippen molar-refractivity contribution in [3.8, 4) is 40.2 Å². The fourth-order valence-corrected chi connectivity index (χ4v) is 5.67. The zero-order valence-corrected chi connectivity index (χ0v) is 27.2. The maximum absolute atomic E-state index is 14.3. The van der Waals surface area contributed by atoms with E-state index in [1.807, 2.05) is 38.1 Å². The molecule has 1 saturated heterocycles. The van der Waals surface area contributed by atoms with Crippen molar-refractivity contribution >= 4 is 17.9 Å². The Morgan fingerprint density at radius 1 is 0.711 bits per heavy atom. The summed E-state index contributed by atoms with van der Waals surface area (Å²) < 4.78 is 38.9. The molecular weight excluding hydrogens is 580 g/mol. The Hall–Kier alpha value is -5.06. The highest BCUT2D eigenvalue weighted by Gasteiger charge is 2.38. The molecule has 1 aliphatic rings. The first kappa shape index (κ1) is 32.8. The van der Waals surface area contributed by atoms with Crippen LogP contribution in [0.3, 0.4) is 0 Å². The van der Waals surface area contributed by atoms with E-state index in [1.54, 1.807) is 53.8 Å². The first-order chi connectivity index (χ1) is 21.6. The van der Waals surface area contributed by atoms with E-state index in [0.29, 0.717) is 56.9 Å². The molecule has 0 spiro atoms. The van der Waals surface area contributed by atoms with Crippen LogP contribution in [0.2, 0.25) is 0 Å². The number of nitrogens with one attached hydrogen (secondary N) is 1. The van der Waals surface area contributed by atoms with Crippen molar-refractivity contribution in [3.63, 3.8) is 0 Å². The van der Waals surface area contributed by atoms with E-state index in [-0.39, 0.29) is 24.6 Å². The fraction of sp³-hybridized carbons (Fsp3) is 0.353. The number of rotatable bonds is 12. The Kier molecular flexibility index (Phi) is 10.3. The second kappa shape index (κ2) is 14.1. The van der Waals surface area contributed by atoms with Crippen molar-refractivity contribution < 1.29 is 42.7 Å². The Bertz CT molecular complexity index is 1600. The van der Waals surface area contributed by atoms with Gasteiger partial charge in [-0.2, -0.15) is 0 Å². The molecule has 1 aliphatic heterocycles. The second-order valence-corrected chi connectivity index (χ2v) is 10.3. The van der Waals surface area contributed by atoms with Crippen LogP contribution in [0.1, 0.15) is 27.8 Å². The average Bonchev–Trinajstić information content (AvgIpc) is 3.04. The summed E-state index contributed by atoms with van der Waals surface area (Å²) in [5.74, 6) is 2.96. The molecule has 2 amide bonds. The molecule has 11 heteroatoms. The van der Waals surface area contributed by atoms with E-state index < -0.39 is 11.9 Å². The van der Waals surface area contributed by atoms with Crippen LogP contribution in [0.15, 0.2) is 42.1 Å². The minimum absolute atomic E-state index is 0.134. The highest BCUT2D eigenvalue weighted by Crippen LogP contribution is 2.42. The van der Waals surface area contributed by atoms with Gasteiger partial charge in [-0.3, -0.25) is 9.59 Å². The normalized spacial score (nSPS) is 15.4. The Morgan fingerprint density at radius 3 is 1.80 bits per heavy atom. The molecular formula is C34H40N2O9. The zero-order valence-electron chi connectivity index (χ0n) is 27.2. The number of amides is 2. The van der Waals surface area contributed by atoms with Gasteiger partial charge < -0.3 is 43.4 Å². The monoisotopic (exact) mass is 620 g/mol. The number of carbonyl (C=O) groups excluding carboxylic acids is 2. The van der Waals surface area contributed by atoms with Crippen molar-refractivity contribution in [3.05, 3.63) is 69.9 Å². The fourth-order valence-electron chi connectivity index (χ4n) is 5.67. The van der Waals surface area contributed by atoms with Crippen molar-refractivity contribution in [1.82, 2.24) is 10.2 Å². The van der Waals surface area contributed by atoms with E-state index in [4.69, 9.17) is 33.2 Å². The van der Waals surface area contributed by atoms with Crippen LogP contribution < -0.4 is 38.5 Å². The first-order valence-electron chi connectivity index (χ1n) is 14.2. The molecule has 0 aromatic heterocycles. The van der Waals surface area contributed by atoms with E-state index >= 15 is 0 Å². The molecule has 45 heavy (non-hydrogen) atoms. The van der Waals surface area contributed by atoms with Gasteiger partial charge in [-0.25, -0.2) is 0 Å². The number of ether oxygens (including phenoxy) is 7. The van der Waals surface area contributed by atoms with Crippen molar-refractivity contribution in [2.75, 3.05) is 49.8 Å². The lowest BCUT2D eigenvalue weighted by atomic mass is 9.97. The standard InChI is InChI=1S/C34H40N2O9/c1-19-29(42-6)22(16-27(40-4)31(19)44-8)14-25-34(38)36(18-21-10-12-24(39-3)13-11-21)26(33(37)35-25)15-23-17-28(41-5)32(45-9)20(2)30(23)43-7/h10-13,15-17,25H,14,18H2,1-9H3,(H,35,37)/b26-15+. The van der Waals surface area contributed by atoms with Gasteiger partial charge in [-0.1, -0.05) is 12.1 Å². The Labute approximate surface area is 263 Å². The molecule has 0 radical (unpaired) electrons. The van der Waals surface area contributed by atoms with E-state index in [0.717, 1.165) is 11.1 Å². The van der Waals surface area contributed by atoms with Gasteiger partial charge in [0.05, 0.1) is 56.3 Å². The first-order valence-corrected chi connectivity index (χ1v) is 14.2.